The van der Waals surface area contributed by atoms with Gasteiger partial charge in [0.25, 0.3) is 0 Å². The molecule has 0 aliphatic carbocycles. The predicted molar refractivity (Wildman–Crippen MR) is 55.3 cm³/mol. The summed E-state index contributed by atoms with van der Waals surface area (Å²) in [5.74, 6) is 0. The minimum absolute atomic E-state index is 0.632. The number of hydrogen-bond donors (Lipinski definition) is 1. The van der Waals surface area contributed by atoms with Crippen LogP contribution in [0.2, 0.25) is 0 Å². The van der Waals surface area contributed by atoms with E-state index >= 15 is 0 Å². The number of hydrogen-bond acceptors (Lipinski definition) is 2. The maximum atomic E-state index is 11.4. The van der Waals surface area contributed by atoms with Crippen molar-refractivity contribution in [1.82, 2.24) is 0 Å². The molecule has 2 N–H and O–H groups in total. The SMILES string of the molecule is Nc1ccc(-c2cccc[n+]2[O-])cc1. The topological polar surface area (TPSA) is 53.0 Å². The van der Waals surface area contributed by atoms with Crippen molar-refractivity contribution in [2.75, 3.05) is 5.73 Å². The van der Waals surface area contributed by atoms with E-state index in [4.69, 9.17) is 5.73 Å². The Balaban J connectivity index is 2.50. The van der Waals surface area contributed by atoms with Crippen molar-refractivity contribution in [3.05, 3.63) is 53.9 Å². The molecule has 3 nitrogen and oxygen atoms in total. The first-order valence-corrected chi connectivity index (χ1v) is 4.31. The second kappa shape index (κ2) is 3.38. The van der Waals surface area contributed by atoms with Crippen molar-refractivity contribution in [3.63, 3.8) is 0 Å². The smallest absolute Gasteiger partial charge is 0.223 e. The Morgan fingerprint density at radius 1 is 1.00 bits per heavy atom. The molecule has 0 atom stereocenters. The fraction of sp³-hybridized carbons (Fsp3) is 0. The summed E-state index contributed by atoms with van der Waals surface area (Å²) < 4.78 is 0.839. The molecule has 0 unspecified atom stereocenters. The molecular weight excluding hydrogens is 176 g/mol. The van der Waals surface area contributed by atoms with Gasteiger partial charge in [-0.15, -0.1) is 0 Å². The van der Waals surface area contributed by atoms with Crippen LogP contribution < -0.4 is 10.5 Å². The predicted octanol–water partition coefficient (Wildman–Crippen LogP) is 1.57. The van der Waals surface area contributed by atoms with Gasteiger partial charge in [-0.2, -0.15) is 4.73 Å². The summed E-state index contributed by atoms with van der Waals surface area (Å²) in [6.45, 7) is 0. The Hall–Kier alpha value is -2.03. The summed E-state index contributed by atoms with van der Waals surface area (Å²) in [7, 11) is 0. The van der Waals surface area contributed by atoms with Gasteiger partial charge in [0, 0.05) is 23.4 Å². The first kappa shape index (κ1) is 8.56. The zero-order valence-electron chi connectivity index (χ0n) is 7.55. The summed E-state index contributed by atoms with van der Waals surface area (Å²) in [4.78, 5) is 0. The summed E-state index contributed by atoms with van der Waals surface area (Å²) in [6, 6.07) is 12.5. The summed E-state index contributed by atoms with van der Waals surface area (Å²) in [5.41, 5.74) is 7.76. The van der Waals surface area contributed by atoms with Gasteiger partial charge in [0.2, 0.25) is 5.69 Å². The lowest BCUT2D eigenvalue weighted by atomic mass is 10.1. The van der Waals surface area contributed by atoms with Gasteiger partial charge in [-0.25, -0.2) is 0 Å². The lowest BCUT2D eigenvalue weighted by molar-refractivity contribution is -0.593. The lowest BCUT2D eigenvalue weighted by Gasteiger charge is -2.03. The highest BCUT2D eigenvalue weighted by Crippen LogP contribution is 2.16. The third kappa shape index (κ3) is 1.52. The molecule has 2 aromatic rings. The van der Waals surface area contributed by atoms with Crippen molar-refractivity contribution in [3.8, 4) is 11.3 Å². The minimum atomic E-state index is 0.632. The number of anilines is 1. The van der Waals surface area contributed by atoms with Gasteiger partial charge in [0.05, 0.1) is 0 Å². The van der Waals surface area contributed by atoms with Crippen molar-refractivity contribution < 1.29 is 4.73 Å². The maximum Gasteiger partial charge on any atom is 0.223 e. The van der Waals surface area contributed by atoms with Gasteiger partial charge in [-0.05, 0) is 30.3 Å². The quantitative estimate of drug-likeness (QED) is 0.417. The highest BCUT2D eigenvalue weighted by Gasteiger charge is 2.05. The van der Waals surface area contributed by atoms with Crippen molar-refractivity contribution >= 4 is 5.69 Å². The van der Waals surface area contributed by atoms with E-state index < -0.39 is 0 Å². The van der Waals surface area contributed by atoms with E-state index in [1.807, 2.05) is 18.2 Å². The van der Waals surface area contributed by atoms with Crippen LogP contribution in [-0.2, 0) is 0 Å². The molecule has 0 saturated carbocycles. The van der Waals surface area contributed by atoms with Crippen LogP contribution in [0.4, 0.5) is 5.69 Å². The summed E-state index contributed by atoms with van der Waals surface area (Å²) in [6.07, 6.45) is 1.48. The van der Waals surface area contributed by atoms with E-state index in [9.17, 15) is 5.21 Å². The van der Waals surface area contributed by atoms with Crippen molar-refractivity contribution in [1.29, 1.82) is 0 Å². The molecule has 0 bridgehead atoms. The Morgan fingerprint density at radius 2 is 1.71 bits per heavy atom. The fourth-order valence-electron chi connectivity index (χ4n) is 1.31. The van der Waals surface area contributed by atoms with Gasteiger partial charge in [0.1, 0.15) is 0 Å². The fourth-order valence-corrected chi connectivity index (χ4v) is 1.31. The molecule has 14 heavy (non-hydrogen) atoms. The molecule has 0 aliphatic rings. The van der Waals surface area contributed by atoms with Gasteiger partial charge in [-0.1, -0.05) is 0 Å². The molecule has 1 aromatic carbocycles. The molecule has 0 fully saturated rings. The molecule has 0 amide bonds. The second-order valence-corrected chi connectivity index (χ2v) is 3.03. The van der Waals surface area contributed by atoms with Crippen LogP contribution in [0.25, 0.3) is 11.3 Å². The van der Waals surface area contributed by atoms with Crippen LogP contribution in [-0.4, -0.2) is 0 Å². The first-order chi connectivity index (χ1) is 6.77. The number of nitrogen functional groups attached to an aromatic ring is 1. The average molecular weight is 186 g/mol. The van der Waals surface area contributed by atoms with E-state index in [-0.39, 0.29) is 0 Å². The zero-order chi connectivity index (χ0) is 9.97. The van der Waals surface area contributed by atoms with Crippen LogP contribution >= 0.6 is 0 Å². The highest BCUT2D eigenvalue weighted by atomic mass is 16.5. The molecule has 1 aromatic heterocycles. The van der Waals surface area contributed by atoms with E-state index in [0.29, 0.717) is 11.4 Å². The number of benzene rings is 1. The molecule has 0 radical (unpaired) electrons. The number of nitrogens with two attached hydrogens (primary N) is 1. The molecule has 1 heterocycles. The lowest BCUT2D eigenvalue weighted by Crippen LogP contribution is -2.27. The Kier molecular flexibility index (Phi) is 2.07. The molecule has 2 rings (SSSR count). The van der Waals surface area contributed by atoms with Gasteiger partial charge >= 0.3 is 0 Å². The van der Waals surface area contributed by atoms with Crippen LogP contribution in [0.1, 0.15) is 0 Å². The third-order valence-corrected chi connectivity index (χ3v) is 2.03. The van der Waals surface area contributed by atoms with Crippen molar-refractivity contribution in [2.24, 2.45) is 0 Å². The Bertz CT molecular complexity index is 437. The average Bonchev–Trinajstić information content (AvgIpc) is 2.20. The molecular formula is C11H10N2O. The minimum Gasteiger partial charge on any atom is -0.618 e. The monoisotopic (exact) mass is 186 g/mol. The van der Waals surface area contributed by atoms with Crippen LogP contribution in [0.5, 0.6) is 0 Å². The van der Waals surface area contributed by atoms with Gasteiger partial charge < -0.3 is 10.9 Å². The molecule has 0 saturated heterocycles. The number of aromatic nitrogens is 1. The standard InChI is InChI=1S/C11H10N2O/c12-10-6-4-9(5-7-10)11-3-1-2-8-13(11)14/h1-8H,12H2. The Labute approximate surface area is 82.0 Å². The van der Waals surface area contributed by atoms with Crippen molar-refractivity contribution in [2.45, 2.75) is 0 Å². The molecule has 0 aliphatic heterocycles. The number of rotatable bonds is 1. The van der Waals surface area contributed by atoms with Gasteiger partial charge in [0.15, 0.2) is 6.20 Å². The summed E-state index contributed by atoms with van der Waals surface area (Å²) in [5, 5.41) is 11.4. The first-order valence-electron chi connectivity index (χ1n) is 4.31. The molecule has 3 heteroatoms. The highest BCUT2D eigenvalue weighted by molar-refractivity contribution is 5.59. The third-order valence-electron chi connectivity index (χ3n) is 2.03. The summed E-state index contributed by atoms with van der Waals surface area (Å²) >= 11 is 0. The van der Waals surface area contributed by atoms with Gasteiger partial charge in [-0.3, -0.25) is 0 Å². The second-order valence-electron chi connectivity index (χ2n) is 3.03. The zero-order valence-corrected chi connectivity index (χ0v) is 7.55. The molecule has 0 spiro atoms. The van der Waals surface area contributed by atoms with E-state index in [2.05, 4.69) is 0 Å². The van der Waals surface area contributed by atoms with Crippen LogP contribution in [0.3, 0.4) is 0 Å². The van der Waals surface area contributed by atoms with E-state index in [1.54, 1.807) is 24.3 Å². The maximum absolute atomic E-state index is 11.4. The number of pyridine rings is 1. The normalized spacial score (nSPS) is 10.0. The van der Waals surface area contributed by atoms with Crippen LogP contribution in [0, 0.1) is 5.21 Å². The number of nitrogens with zero attached hydrogens (tertiary/aromatic N) is 1. The largest absolute Gasteiger partial charge is 0.618 e. The Morgan fingerprint density at radius 3 is 2.36 bits per heavy atom. The van der Waals surface area contributed by atoms with Crippen LogP contribution in [0.15, 0.2) is 48.7 Å². The van der Waals surface area contributed by atoms with E-state index in [0.717, 1.165) is 10.3 Å². The molecule has 70 valence electrons. The van der Waals surface area contributed by atoms with E-state index in [1.165, 1.54) is 6.20 Å².